The molecule has 0 bridgehead atoms. The molecule has 1 saturated heterocycles. The summed E-state index contributed by atoms with van der Waals surface area (Å²) in [6, 6.07) is 4.18. The lowest BCUT2D eigenvalue weighted by Crippen LogP contribution is -2.61. The molecule has 0 amide bonds. The standard InChI is InChI=1S/C16H25F2N3/c1-3-16(2,21-9-4-5-10-21)14(20-19)11-12-7-6-8-13(17)15(12)18/h6-8,14,20H,3-5,9-11,19H2,1-2H3. The maximum absolute atomic E-state index is 13.9. The van der Waals surface area contributed by atoms with Gasteiger partial charge in [0.25, 0.3) is 0 Å². The summed E-state index contributed by atoms with van der Waals surface area (Å²) in [5, 5.41) is 0. The first kappa shape index (κ1) is 16.3. The molecule has 0 aromatic heterocycles. The van der Waals surface area contributed by atoms with Crippen LogP contribution in [0.15, 0.2) is 18.2 Å². The van der Waals surface area contributed by atoms with Crippen LogP contribution in [0, 0.1) is 11.6 Å². The van der Waals surface area contributed by atoms with Crippen LogP contribution in [-0.4, -0.2) is 29.6 Å². The molecule has 1 aromatic carbocycles. The zero-order chi connectivity index (χ0) is 15.5. The van der Waals surface area contributed by atoms with Crippen LogP contribution in [0.1, 0.15) is 38.7 Å². The number of nitrogens with zero attached hydrogens (tertiary/aromatic N) is 1. The second-order valence-corrected chi connectivity index (χ2v) is 6.04. The molecule has 0 radical (unpaired) electrons. The minimum Gasteiger partial charge on any atom is -0.296 e. The summed E-state index contributed by atoms with van der Waals surface area (Å²) in [6.45, 7) is 6.34. The number of likely N-dealkylation sites (tertiary alicyclic amines) is 1. The highest BCUT2D eigenvalue weighted by Crippen LogP contribution is 2.30. The summed E-state index contributed by atoms with van der Waals surface area (Å²) in [5.41, 5.74) is 3.04. The van der Waals surface area contributed by atoms with Gasteiger partial charge >= 0.3 is 0 Å². The first-order valence-corrected chi connectivity index (χ1v) is 7.67. The number of nitrogens with two attached hydrogens (primary N) is 1. The van der Waals surface area contributed by atoms with Crippen molar-refractivity contribution < 1.29 is 8.78 Å². The fourth-order valence-corrected chi connectivity index (χ4v) is 3.30. The molecular weight excluding hydrogens is 272 g/mol. The number of nitrogens with one attached hydrogen (secondary N) is 1. The number of rotatable bonds is 6. The first-order chi connectivity index (χ1) is 10.0. The van der Waals surface area contributed by atoms with Gasteiger partial charge in [-0.15, -0.1) is 0 Å². The van der Waals surface area contributed by atoms with Crippen LogP contribution in [-0.2, 0) is 6.42 Å². The van der Waals surface area contributed by atoms with E-state index in [2.05, 4.69) is 24.2 Å². The first-order valence-electron chi connectivity index (χ1n) is 7.67. The number of hydrogen-bond acceptors (Lipinski definition) is 3. The molecule has 21 heavy (non-hydrogen) atoms. The molecular formula is C16H25F2N3. The Hall–Kier alpha value is -1.04. The van der Waals surface area contributed by atoms with Gasteiger partial charge in [-0.2, -0.15) is 0 Å². The number of benzene rings is 1. The second kappa shape index (κ2) is 6.81. The third-order valence-electron chi connectivity index (χ3n) is 4.95. The minimum absolute atomic E-state index is 0.128. The molecule has 0 saturated carbocycles. The molecule has 1 aliphatic heterocycles. The van der Waals surface area contributed by atoms with Crippen molar-refractivity contribution in [2.75, 3.05) is 13.1 Å². The zero-order valence-corrected chi connectivity index (χ0v) is 12.8. The monoisotopic (exact) mass is 297 g/mol. The molecule has 118 valence electrons. The van der Waals surface area contributed by atoms with Gasteiger partial charge in [0, 0.05) is 11.6 Å². The third kappa shape index (κ3) is 3.25. The smallest absolute Gasteiger partial charge is 0.162 e. The van der Waals surface area contributed by atoms with Gasteiger partial charge in [-0.1, -0.05) is 19.1 Å². The lowest BCUT2D eigenvalue weighted by Gasteiger charge is -2.44. The van der Waals surface area contributed by atoms with E-state index in [1.165, 1.54) is 12.8 Å². The quantitative estimate of drug-likeness (QED) is 0.626. The predicted octanol–water partition coefficient (Wildman–Crippen LogP) is 2.60. The molecule has 1 aliphatic rings. The average Bonchev–Trinajstić information content (AvgIpc) is 3.03. The van der Waals surface area contributed by atoms with Gasteiger partial charge in [-0.3, -0.25) is 16.2 Å². The number of halogens is 2. The van der Waals surface area contributed by atoms with Gasteiger partial charge in [-0.05, 0) is 57.3 Å². The molecule has 3 N–H and O–H groups in total. The topological polar surface area (TPSA) is 41.3 Å². The van der Waals surface area contributed by atoms with Crippen molar-refractivity contribution in [3.63, 3.8) is 0 Å². The Bertz CT molecular complexity index is 475. The van der Waals surface area contributed by atoms with Crippen LogP contribution < -0.4 is 11.3 Å². The molecule has 3 nitrogen and oxygen atoms in total. The summed E-state index contributed by atoms with van der Waals surface area (Å²) in [4.78, 5) is 2.41. The van der Waals surface area contributed by atoms with E-state index in [0.29, 0.717) is 12.0 Å². The number of hydrazine groups is 1. The van der Waals surface area contributed by atoms with Crippen LogP contribution in [0.4, 0.5) is 8.78 Å². The van der Waals surface area contributed by atoms with Crippen molar-refractivity contribution in [3.8, 4) is 0 Å². The van der Waals surface area contributed by atoms with Crippen LogP contribution in [0.3, 0.4) is 0 Å². The maximum Gasteiger partial charge on any atom is 0.162 e. The van der Waals surface area contributed by atoms with Gasteiger partial charge in [0.15, 0.2) is 11.6 Å². The van der Waals surface area contributed by atoms with Gasteiger partial charge in [-0.25, -0.2) is 8.78 Å². The fraction of sp³-hybridized carbons (Fsp3) is 0.625. The summed E-state index contributed by atoms with van der Waals surface area (Å²) in [6.07, 6.45) is 3.64. The van der Waals surface area contributed by atoms with E-state index in [9.17, 15) is 8.78 Å². The molecule has 0 aliphatic carbocycles. The lowest BCUT2D eigenvalue weighted by molar-refractivity contribution is 0.0836. The molecule has 5 heteroatoms. The Morgan fingerprint density at radius 3 is 2.57 bits per heavy atom. The van der Waals surface area contributed by atoms with E-state index in [1.54, 1.807) is 12.1 Å². The van der Waals surface area contributed by atoms with Crippen LogP contribution in [0.5, 0.6) is 0 Å². The summed E-state index contributed by atoms with van der Waals surface area (Å²) in [7, 11) is 0. The lowest BCUT2D eigenvalue weighted by atomic mass is 9.84. The van der Waals surface area contributed by atoms with Crippen molar-refractivity contribution in [1.29, 1.82) is 0 Å². The van der Waals surface area contributed by atoms with Crippen LogP contribution in [0.25, 0.3) is 0 Å². The molecule has 2 rings (SSSR count). The van der Waals surface area contributed by atoms with Crippen molar-refractivity contribution in [1.82, 2.24) is 10.3 Å². The highest BCUT2D eigenvalue weighted by Gasteiger charge is 2.39. The summed E-state index contributed by atoms with van der Waals surface area (Å²) < 4.78 is 27.3. The molecule has 0 spiro atoms. The highest BCUT2D eigenvalue weighted by molar-refractivity contribution is 5.21. The molecule has 2 unspecified atom stereocenters. The van der Waals surface area contributed by atoms with Crippen molar-refractivity contribution in [3.05, 3.63) is 35.4 Å². The Balaban J connectivity index is 2.23. The highest BCUT2D eigenvalue weighted by atomic mass is 19.2. The summed E-state index contributed by atoms with van der Waals surface area (Å²) >= 11 is 0. The van der Waals surface area contributed by atoms with Crippen LogP contribution >= 0.6 is 0 Å². The molecule has 1 heterocycles. The van der Waals surface area contributed by atoms with Gasteiger partial charge < -0.3 is 0 Å². The van der Waals surface area contributed by atoms with Crippen molar-refractivity contribution >= 4 is 0 Å². The van der Waals surface area contributed by atoms with Gasteiger partial charge in [0.1, 0.15) is 0 Å². The van der Waals surface area contributed by atoms with E-state index in [4.69, 9.17) is 5.84 Å². The number of hydrogen-bond donors (Lipinski definition) is 2. The Kier molecular flexibility index (Phi) is 5.30. The maximum atomic E-state index is 13.9. The van der Waals surface area contributed by atoms with E-state index < -0.39 is 11.6 Å². The normalized spacial score (nSPS) is 20.4. The fourth-order valence-electron chi connectivity index (χ4n) is 3.30. The SMILES string of the molecule is CCC(C)(C(Cc1cccc(F)c1F)NN)N1CCCC1. The average molecular weight is 297 g/mol. The van der Waals surface area contributed by atoms with Crippen LogP contribution in [0.2, 0.25) is 0 Å². The van der Waals surface area contributed by atoms with Gasteiger partial charge in [0.2, 0.25) is 0 Å². The summed E-state index contributed by atoms with van der Waals surface area (Å²) in [5.74, 6) is 4.18. The predicted molar refractivity (Wildman–Crippen MR) is 80.7 cm³/mol. The molecule has 1 aromatic rings. The third-order valence-corrected chi connectivity index (χ3v) is 4.95. The Labute approximate surface area is 125 Å². The van der Waals surface area contributed by atoms with E-state index in [0.717, 1.165) is 25.6 Å². The van der Waals surface area contributed by atoms with E-state index in [-0.39, 0.29) is 11.6 Å². The van der Waals surface area contributed by atoms with Crippen molar-refractivity contribution in [2.45, 2.75) is 51.1 Å². The zero-order valence-electron chi connectivity index (χ0n) is 12.8. The molecule has 1 fully saturated rings. The Morgan fingerprint density at radius 1 is 1.33 bits per heavy atom. The van der Waals surface area contributed by atoms with Crippen molar-refractivity contribution in [2.24, 2.45) is 5.84 Å². The minimum atomic E-state index is -0.803. The largest absolute Gasteiger partial charge is 0.296 e. The molecule has 2 atom stereocenters. The van der Waals surface area contributed by atoms with E-state index in [1.807, 2.05) is 0 Å². The van der Waals surface area contributed by atoms with Gasteiger partial charge in [0.05, 0.1) is 0 Å². The second-order valence-electron chi connectivity index (χ2n) is 6.04. The van der Waals surface area contributed by atoms with E-state index >= 15 is 0 Å². The Morgan fingerprint density at radius 2 is 2.00 bits per heavy atom.